The number of hydrogen-bond donors (Lipinski definition) is 1. The van der Waals surface area contributed by atoms with Crippen molar-refractivity contribution in [1.29, 1.82) is 0 Å². The summed E-state index contributed by atoms with van der Waals surface area (Å²) in [6.07, 6.45) is -5.93. The van der Waals surface area contributed by atoms with Crippen LogP contribution < -0.4 is 0 Å². The van der Waals surface area contributed by atoms with Crippen molar-refractivity contribution < 1.29 is 32.6 Å². The Balaban J connectivity index is 4.61. The number of aliphatic hydroxyl groups excluding tert-OH is 1. The second-order valence-electron chi connectivity index (χ2n) is 3.60. The second kappa shape index (κ2) is 7.04. The first kappa shape index (κ1) is 16.5. The number of nitrogens with zero attached hydrogens (tertiary/aromatic N) is 2. The van der Waals surface area contributed by atoms with E-state index >= 15 is 0 Å². The maximum atomic E-state index is 12.2. The van der Waals surface area contributed by atoms with Gasteiger partial charge in [0.1, 0.15) is 19.7 Å². The van der Waals surface area contributed by atoms with E-state index in [4.69, 9.17) is 5.11 Å². The van der Waals surface area contributed by atoms with Crippen LogP contribution in [0.3, 0.4) is 0 Å². The predicted molar refractivity (Wildman–Crippen MR) is 54.8 cm³/mol. The average molecular weight is 272 g/mol. The van der Waals surface area contributed by atoms with Crippen molar-refractivity contribution in [2.24, 2.45) is 0 Å². The largest absolute Gasteiger partial charge is 0.447 e. The number of likely N-dealkylation sites (N-methyl/N-ethyl adjacent to an activating group) is 1. The molecule has 0 bridgehead atoms. The molecular weight excluding hydrogens is 257 g/mol. The van der Waals surface area contributed by atoms with Crippen molar-refractivity contribution in [3.8, 4) is 0 Å². The average Bonchev–Trinajstić information content (AvgIpc) is 2.22. The Labute approximate surface area is 102 Å². The van der Waals surface area contributed by atoms with Gasteiger partial charge in [0.15, 0.2) is 0 Å². The van der Waals surface area contributed by atoms with Gasteiger partial charge in [0.05, 0.1) is 6.61 Å². The van der Waals surface area contributed by atoms with Gasteiger partial charge in [0, 0.05) is 14.1 Å². The fraction of sp³-hybridized carbons (Fsp3) is 0.778. The maximum absolute atomic E-state index is 12.2. The lowest BCUT2D eigenvalue weighted by atomic mass is 10.4. The summed E-state index contributed by atoms with van der Waals surface area (Å²) in [5.41, 5.74) is 0. The lowest BCUT2D eigenvalue weighted by Gasteiger charge is -2.24. The van der Waals surface area contributed by atoms with Gasteiger partial charge < -0.3 is 14.7 Å². The summed E-state index contributed by atoms with van der Waals surface area (Å²) in [7, 11) is 2.71. The van der Waals surface area contributed by atoms with Gasteiger partial charge in [-0.05, 0) is 0 Å². The van der Waals surface area contributed by atoms with Crippen LogP contribution in [-0.2, 0) is 9.53 Å². The fourth-order valence-electron chi connectivity index (χ4n) is 0.930. The number of rotatable bonds is 5. The van der Waals surface area contributed by atoms with Crippen molar-refractivity contribution in [3.63, 3.8) is 0 Å². The maximum Gasteiger partial charge on any atom is 0.410 e. The van der Waals surface area contributed by atoms with Crippen LogP contribution in [0.5, 0.6) is 0 Å². The van der Waals surface area contributed by atoms with E-state index in [2.05, 4.69) is 4.74 Å². The quantitative estimate of drug-likeness (QED) is 0.768. The first-order chi connectivity index (χ1) is 8.17. The summed E-state index contributed by atoms with van der Waals surface area (Å²) in [5, 5.41) is 8.41. The smallest absolute Gasteiger partial charge is 0.410 e. The standard InChI is InChI=1S/C9H15F3N2O4/c1-13(2)7(16)5-14(6-9(10,11)12)8(17)18-4-3-15/h15H,3-6H2,1-2H3. The molecule has 1 N–H and O–H groups in total. The van der Waals surface area contributed by atoms with E-state index in [-0.39, 0.29) is 4.90 Å². The Kier molecular flexibility index (Phi) is 6.45. The van der Waals surface area contributed by atoms with Crippen LogP contribution in [0.25, 0.3) is 0 Å². The van der Waals surface area contributed by atoms with E-state index in [9.17, 15) is 22.8 Å². The van der Waals surface area contributed by atoms with Crippen LogP contribution in [0.1, 0.15) is 0 Å². The third kappa shape index (κ3) is 6.94. The van der Waals surface area contributed by atoms with Crippen LogP contribution in [0.15, 0.2) is 0 Å². The summed E-state index contributed by atoms with van der Waals surface area (Å²) in [6.45, 7) is -3.26. The summed E-state index contributed by atoms with van der Waals surface area (Å²) >= 11 is 0. The Bertz CT molecular complexity index is 294. The molecule has 6 nitrogen and oxygen atoms in total. The lowest BCUT2D eigenvalue weighted by molar-refractivity contribution is -0.147. The highest BCUT2D eigenvalue weighted by Crippen LogP contribution is 2.17. The minimum atomic E-state index is -4.63. The number of carbonyl (C=O) groups is 2. The highest BCUT2D eigenvalue weighted by Gasteiger charge is 2.34. The van der Waals surface area contributed by atoms with Crippen molar-refractivity contribution in [2.45, 2.75) is 6.18 Å². The van der Waals surface area contributed by atoms with Gasteiger partial charge in [0.25, 0.3) is 0 Å². The lowest BCUT2D eigenvalue weighted by Crippen LogP contribution is -2.45. The molecule has 0 aromatic carbocycles. The molecule has 0 aliphatic rings. The number of carbonyl (C=O) groups excluding carboxylic acids is 2. The van der Waals surface area contributed by atoms with Crippen molar-refractivity contribution in [3.05, 3.63) is 0 Å². The van der Waals surface area contributed by atoms with Gasteiger partial charge >= 0.3 is 12.3 Å². The molecule has 9 heteroatoms. The molecule has 0 aliphatic heterocycles. The third-order valence-corrected chi connectivity index (χ3v) is 1.77. The Morgan fingerprint density at radius 1 is 1.28 bits per heavy atom. The van der Waals surface area contributed by atoms with E-state index in [1.807, 2.05) is 0 Å². The fourth-order valence-corrected chi connectivity index (χ4v) is 0.930. The van der Waals surface area contributed by atoms with E-state index in [1.54, 1.807) is 0 Å². The number of alkyl halides is 3. The van der Waals surface area contributed by atoms with Crippen molar-refractivity contribution >= 4 is 12.0 Å². The van der Waals surface area contributed by atoms with E-state index in [0.29, 0.717) is 0 Å². The highest BCUT2D eigenvalue weighted by atomic mass is 19.4. The summed E-state index contributed by atoms with van der Waals surface area (Å²) < 4.78 is 41.0. The molecule has 0 unspecified atom stereocenters. The van der Waals surface area contributed by atoms with Gasteiger partial charge in [-0.2, -0.15) is 13.2 Å². The molecule has 0 atom stereocenters. The second-order valence-corrected chi connectivity index (χ2v) is 3.60. The number of halogens is 3. The zero-order valence-electron chi connectivity index (χ0n) is 10.0. The highest BCUT2D eigenvalue weighted by molar-refractivity contribution is 5.81. The van der Waals surface area contributed by atoms with E-state index in [1.165, 1.54) is 14.1 Å². The van der Waals surface area contributed by atoms with Crippen LogP contribution >= 0.6 is 0 Å². The SMILES string of the molecule is CN(C)C(=O)CN(CC(F)(F)F)C(=O)OCCO. The molecule has 106 valence electrons. The Hall–Kier alpha value is -1.51. The number of aliphatic hydroxyl groups is 1. The first-order valence-electron chi connectivity index (χ1n) is 4.97. The number of amides is 2. The van der Waals surface area contributed by atoms with Crippen LogP contribution in [0.4, 0.5) is 18.0 Å². The molecular formula is C9H15F3N2O4. The molecule has 0 aliphatic carbocycles. The molecule has 0 heterocycles. The van der Waals surface area contributed by atoms with E-state index < -0.39 is 44.5 Å². The molecule has 0 spiro atoms. The summed E-state index contributed by atoms with van der Waals surface area (Å²) in [4.78, 5) is 23.8. The Morgan fingerprint density at radius 3 is 2.22 bits per heavy atom. The molecule has 0 aromatic heterocycles. The van der Waals surface area contributed by atoms with Crippen LogP contribution in [0, 0.1) is 0 Å². The minimum Gasteiger partial charge on any atom is -0.447 e. The molecule has 0 fully saturated rings. The van der Waals surface area contributed by atoms with Crippen LogP contribution in [0.2, 0.25) is 0 Å². The van der Waals surface area contributed by atoms with Gasteiger partial charge in [-0.1, -0.05) is 0 Å². The van der Waals surface area contributed by atoms with E-state index in [0.717, 1.165) is 4.90 Å². The molecule has 0 rings (SSSR count). The normalized spacial score (nSPS) is 11.0. The van der Waals surface area contributed by atoms with Gasteiger partial charge in [-0.3, -0.25) is 9.69 Å². The summed E-state index contributed by atoms with van der Waals surface area (Å²) in [5.74, 6) is -0.666. The van der Waals surface area contributed by atoms with Crippen molar-refractivity contribution in [1.82, 2.24) is 9.80 Å². The van der Waals surface area contributed by atoms with Gasteiger partial charge in [-0.25, -0.2) is 4.79 Å². The van der Waals surface area contributed by atoms with Crippen LogP contribution in [-0.4, -0.2) is 73.5 Å². The molecule has 0 aromatic rings. The molecule has 0 saturated carbocycles. The molecule has 0 saturated heterocycles. The topological polar surface area (TPSA) is 70.1 Å². The Morgan fingerprint density at radius 2 is 1.83 bits per heavy atom. The van der Waals surface area contributed by atoms with Gasteiger partial charge in [0.2, 0.25) is 5.91 Å². The number of ether oxygens (including phenoxy) is 1. The zero-order chi connectivity index (χ0) is 14.3. The molecule has 0 radical (unpaired) electrons. The monoisotopic (exact) mass is 272 g/mol. The molecule has 18 heavy (non-hydrogen) atoms. The molecule has 2 amide bonds. The van der Waals surface area contributed by atoms with Gasteiger partial charge in [-0.15, -0.1) is 0 Å². The minimum absolute atomic E-state index is 0.234. The number of hydrogen-bond acceptors (Lipinski definition) is 4. The predicted octanol–water partition coefficient (Wildman–Crippen LogP) is 0.0678. The summed E-state index contributed by atoms with van der Waals surface area (Å²) in [6, 6.07) is 0. The third-order valence-electron chi connectivity index (χ3n) is 1.77. The zero-order valence-corrected chi connectivity index (χ0v) is 10.0. The first-order valence-corrected chi connectivity index (χ1v) is 4.97. The van der Waals surface area contributed by atoms with Crippen molar-refractivity contribution in [2.75, 3.05) is 40.4 Å².